The lowest BCUT2D eigenvalue weighted by molar-refractivity contribution is -0.152. The first kappa shape index (κ1) is 22.9. The molecule has 0 radical (unpaired) electrons. The smallest absolute Gasteiger partial charge is 0.325 e. The van der Waals surface area contributed by atoms with Gasteiger partial charge in [0.1, 0.15) is 0 Å². The predicted molar refractivity (Wildman–Crippen MR) is 121 cm³/mol. The predicted octanol–water partition coefficient (Wildman–Crippen LogP) is 4.87. The molecule has 0 aromatic heterocycles. The Balaban J connectivity index is 1.66. The molecule has 1 aliphatic heterocycles. The maximum absolute atomic E-state index is 13.0. The summed E-state index contributed by atoms with van der Waals surface area (Å²) in [6.07, 6.45) is 1.46. The second-order valence-corrected chi connectivity index (χ2v) is 9.89. The molecule has 164 valence electrons. The Morgan fingerprint density at radius 1 is 1.00 bits per heavy atom. The highest BCUT2D eigenvalue weighted by Crippen LogP contribution is 2.34. The largest absolute Gasteiger partial charge is 0.450 e. The van der Waals surface area contributed by atoms with Crippen molar-refractivity contribution in [2.75, 3.05) is 0 Å². The molecule has 3 atom stereocenters. The summed E-state index contributed by atoms with van der Waals surface area (Å²) in [6, 6.07) is 17.9. The second-order valence-electron chi connectivity index (χ2n) is 9.89. The minimum atomic E-state index is -1.32. The molecule has 1 heterocycles. The molecule has 31 heavy (non-hydrogen) atoms. The van der Waals surface area contributed by atoms with Crippen molar-refractivity contribution in [3.05, 3.63) is 71.3 Å². The van der Waals surface area contributed by atoms with E-state index in [0.29, 0.717) is 19.3 Å². The van der Waals surface area contributed by atoms with E-state index in [1.165, 1.54) is 5.56 Å². The summed E-state index contributed by atoms with van der Waals surface area (Å²) in [6.45, 7) is 9.86. The fourth-order valence-electron chi connectivity index (χ4n) is 4.07. The minimum Gasteiger partial charge on any atom is -0.450 e. The van der Waals surface area contributed by atoms with Gasteiger partial charge in [0.2, 0.25) is 0 Å². The highest BCUT2D eigenvalue weighted by atomic mass is 16.6. The van der Waals surface area contributed by atoms with Crippen molar-refractivity contribution >= 4 is 17.5 Å². The van der Waals surface area contributed by atoms with Gasteiger partial charge in [0.05, 0.1) is 0 Å². The van der Waals surface area contributed by atoms with E-state index < -0.39 is 29.2 Å². The number of benzene rings is 2. The van der Waals surface area contributed by atoms with Crippen molar-refractivity contribution in [1.82, 2.24) is 0 Å². The number of esters is 1. The van der Waals surface area contributed by atoms with Gasteiger partial charge in [-0.15, -0.1) is 0 Å². The molecule has 1 fully saturated rings. The SMILES string of the molecule is CC(Cc1ccc(C(C)(C)C)cc1)C(=O)C1C(=O)OC(C)(CCc2ccccc2)C1=O. The van der Waals surface area contributed by atoms with Gasteiger partial charge in [-0.25, -0.2) is 0 Å². The third-order valence-electron chi connectivity index (χ3n) is 6.21. The molecular weight excluding hydrogens is 388 g/mol. The van der Waals surface area contributed by atoms with Crippen LogP contribution in [0.25, 0.3) is 0 Å². The van der Waals surface area contributed by atoms with E-state index in [0.717, 1.165) is 11.1 Å². The van der Waals surface area contributed by atoms with Gasteiger partial charge in [-0.1, -0.05) is 82.3 Å². The van der Waals surface area contributed by atoms with Gasteiger partial charge in [0.25, 0.3) is 0 Å². The van der Waals surface area contributed by atoms with Crippen LogP contribution in [0.1, 0.15) is 57.7 Å². The highest BCUT2D eigenvalue weighted by Gasteiger charge is 2.55. The molecule has 1 saturated heterocycles. The Bertz CT molecular complexity index is 953. The van der Waals surface area contributed by atoms with E-state index in [4.69, 9.17) is 4.74 Å². The van der Waals surface area contributed by atoms with Crippen molar-refractivity contribution in [3.63, 3.8) is 0 Å². The van der Waals surface area contributed by atoms with E-state index >= 15 is 0 Å². The van der Waals surface area contributed by atoms with Gasteiger partial charge < -0.3 is 4.74 Å². The molecule has 0 amide bonds. The first-order chi connectivity index (χ1) is 14.5. The number of ketones is 2. The van der Waals surface area contributed by atoms with Crippen LogP contribution in [0.2, 0.25) is 0 Å². The minimum absolute atomic E-state index is 0.0597. The standard InChI is InChI=1S/C27H32O4/c1-18(17-20-11-13-21(14-12-20)26(2,3)4)23(28)22-24(29)27(5,31-25(22)30)16-15-19-9-7-6-8-10-19/h6-14,18,22H,15-17H2,1-5H3. The van der Waals surface area contributed by atoms with Crippen LogP contribution in [0.5, 0.6) is 0 Å². The maximum atomic E-state index is 13.0. The van der Waals surface area contributed by atoms with Crippen LogP contribution in [0.4, 0.5) is 0 Å². The van der Waals surface area contributed by atoms with Crippen molar-refractivity contribution < 1.29 is 19.1 Å². The van der Waals surface area contributed by atoms with Crippen LogP contribution in [-0.2, 0) is 37.4 Å². The molecule has 4 heteroatoms. The van der Waals surface area contributed by atoms with Crippen LogP contribution >= 0.6 is 0 Å². The average molecular weight is 421 g/mol. The topological polar surface area (TPSA) is 60.4 Å². The summed E-state index contributed by atoms with van der Waals surface area (Å²) < 4.78 is 5.46. The summed E-state index contributed by atoms with van der Waals surface area (Å²) in [5, 5.41) is 0. The van der Waals surface area contributed by atoms with E-state index in [1.54, 1.807) is 13.8 Å². The van der Waals surface area contributed by atoms with Gasteiger partial charge >= 0.3 is 5.97 Å². The fraction of sp³-hybridized carbons (Fsp3) is 0.444. The number of cyclic esters (lactones) is 1. The lowest BCUT2D eigenvalue weighted by atomic mass is 9.81. The quantitative estimate of drug-likeness (QED) is 0.474. The summed E-state index contributed by atoms with van der Waals surface area (Å²) >= 11 is 0. The van der Waals surface area contributed by atoms with Crippen LogP contribution < -0.4 is 0 Å². The molecular formula is C27H32O4. The second kappa shape index (κ2) is 8.78. The van der Waals surface area contributed by atoms with Crippen molar-refractivity contribution in [3.8, 4) is 0 Å². The van der Waals surface area contributed by atoms with Crippen LogP contribution in [0.3, 0.4) is 0 Å². The van der Waals surface area contributed by atoms with E-state index in [2.05, 4.69) is 32.9 Å². The number of carbonyl (C=O) groups excluding carboxylic acids is 3. The zero-order valence-electron chi connectivity index (χ0n) is 19.1. The molecule has 0 N–H and O–H groups in total. The summed E-state index contributed by atoms with van der Waals surface area (Å²) in [7, 11) is 0. The molecule has 0 spiro atoms. The summed E-state index contributed by atoms with van der Waals surface area (Å²) in [4.78, 5) is 38.6. The Morgan fingerprint density at radius 3 is 2.19 bits per heavy atom. The lowest BCUT2D eigenvalue weighted by Crippen LogP contribution is -2.38. The third-order valence-corrected chi connectivity index (χ3v) is 6.21. The van der Waals surface area contributed by atoms with Crippen molar-refractivity contribution in [2.24, 2.45) is 11.8 Å². The zero-order valence-corrected chi connectivity index (χ0v) is 19.1. The summed E-state index contributed by atoms with van der Waals surface area (Å²) in [5.41, 5.74) is 2.11. The lowest BCUT2D eigenvalue weighted by Gasteiger charge is -2.21. The first-order valence-corrected chi connectivity index (χ1v) is 11.0. The zero-order chi connectivity index (χ0) is 22.8. The Kier molecular flexibility index (Phi) is 6.49. The Labute approximate surface area is 185 Å². The molecule has 4 nitrogen and oxygen atoms in total. The molecule has 0 aliphatic carbocycles. The van der Waals surface area contributed by atoms with Crippen molar-refractivity contribution in [1.29, 1.82) is 0 Å². The van der Waals surface area contributed by atoms with E-state index in [9.17, 15) is 14.4 Å². The van der Waals surface area contributed by atoms with Crippen LogP contribution in [0.15, 0.2) is 54.6 Å². The van der Waals surface area contributed by atoms with E-state index in [-0.39, 0.29) is 11.2 Å². The Hall–Kier alpha value is -2.75. The number of carbonyl (C=O) groups is 3. The van der Waals surface area contributed by atoms with Gasteiger partial charge in [0.15, 0.2) is 23.1 Å². The van der Waals surface area contributed by atoms with Gasteiger partial charge in [0, 0.05) is 5.92 Å². The van der Waals surface area contributed by atoms with Gasteiger partial charge in [-0.2, -0.15) is 0 Å². The summed E-state index contributed by atoms with van der Waals surface area (Å²) in [5.74, 6) is -3.23. The molecule has 0 saturated carbocycles. The fourth-order valence-corrected chi connectivity index (χ4v) is 4.07. The number of rotatable bonds is 7. The molecule has 3 rings (SSSR count). The van der Waals surface area contributed by atoms with Gasteiger partial charge in [-0.3, -0.25) is 14.4 Å². The molecule has 1 aliphatic rings. The molecule has 2 aromatic carbocycles. The normalized spacial score (nSPS) is 22.3. The number of aryl methyl sites for hydroxylation is 1. The van der Waals surface area contributed by atoms with Crippen LogP contribution in [-0.4, -0.2) is 23.1 Å². The number of ether oxygens (including phenoxy) is 1. The molecule has 3 unspecified atom stereocenters. The number of hydrogen-bond donors (Lipinski definition) is 0. The number of Topliss-reactive ketones (excluding diaryl/α,β-unsaturated/α-hetero) is 2. The molecule has 2 aromatic rings. The van der Waals surface area contributed by atoms with E-state index in [1.807, 2.05) is 42.5 Å². The Morgan fingerprint density at radius 2 is 1.61 bits per heavy atom. The van der Waals surface area contributed by atoms with Crippen LogP contribution in [0, 0.1) is 11.8 Å². The van der Waals surface area contributed by atoms with Gasteiger partial charge in [-0.05, 0) is 48.3 Å². The average Bonchev–Trinajstić information content (AvgIpc) is 2.95. The highest BCUT2D eigenvalue weighted by molar-refractivity contribution is 6.23. The molecule has 0 bridgehead atoms. The third kappa shape index (κ3) is 5.12. The monoisotopic (exact) mass is 420 g/mol. The first-order valence-electron chi connectivity index (χ1n) is 11.0. The maximum Gasteiger partial charge on any atom is 0.325 e. The van der Waals surface area contributed by atoms with Crippen molar-refractivity contribution in [2.45, 2.75) is 64.9 Å². The number of hydrogen-bond acceptors (Lipinski definition) is 4.